The maximum Gasteiger partial charge on any atom is 0.363 e. The van der Waals surface area contributed by atoms with Crippen LogP contribution in [0.5, 0.6) is 0 Å². The van der Waals surface area contributed by atoms with E-state index in [1.807, 2.05) is 36.4 Å². The fraction of sp³-hybridized carbons (Fsp3) is 0. The van der Waals surface area contributed by atoms with E-state index in [4.69, 9.17) is 16.3 Å². The molecule has 22 heavy (non-hydrogen) atoms. The highest BCUT2D eigenvalue weighted by Crippen LogP contribution is 2.19. The molecule has 3 rings (SSSR count). The van der Waals surface area contributed by atoms with Gasteiger partial charge in [0.05, 0.1) is 0 Å². The number of cyclic esters (lactones) is 1. The third kappa shape index (κ3) is 3.32. The highest BCUT2D eigenvalue weighted by atomic mass is 35.5. The van der Waals surface area contributed by atoms with Crippen LogP contribution in [0.3, 0.4) is 0 Å². The standard InChI is InChI=1S/C18H12ClNO2/c19-15-10-5-9-14(12-15)17-20-16(18(21)22-17)11-4-8-13-6-2-1-3-7-13/h1-12H. The highest BCUT2D eigenvalue weighted by Gasteiger charge is 2.23. The minimum Gasteiger partial charge on any atom is -0.402 e. The van der Waals surface area contributed by atoms with E-state index in [2.05, 4.69) is 4.99 Å². The Morgan fingerprint density at radius 2 is 1.86 bits per heavy atom. The van der Waals surface area contributed by atoms with Crippen molar-refractivity contribution in [2.24, 2.45) is 4.99 Å². The van der Waals surface area contributed by atoms with E-state index in [9.17, 15) is 4.79 Å². The van der Waals surface area contributed by atoms with Crippen molar-refractivity contribution in [2.45, 2.75) is 0 Å². The lowest BCUT2D eigenvalue weighted by Gasteiger charge is -1.98. The summed E-state index contributed by atoms with van der Waals surface area (Å²) >= 11 is 5.93. The van der Waals surface area contributed by atoms with E-state index in [-0.39, 0.29) is 11.6 Å². The number of nitrogens with zero attached hydrogens (tertiary/aromatic N) is 1. The number of aliphatic imine (C=N–C) groups is 1. The van der Waals surface area contributed by atoms with Crippen LogP contribution in [0.25, 0.3) is 6.08 Å². The molecule has 0 N–H and O–H groups in total. The van der Waals surface area contributed by atoms with Gasteiger partial charge in [0.1, 0.15) is 0 Å². The van der Waals surface area contributed by atoms with Crippen LogP contribution < -0.4 is 0 Å². The number of rotatable bonds is 3. The topological polar surface area (TPSA) is 38.7 Å². The van der Waals surface area contributed by atoms with Crippen LogP contribution in [0.1, 0.15) is 11.1 Å². The number of carbonyl (C=O) groups excluding carboxylic acids is 1. The second-order valence-corrected chi connectivity index (χ2v) is 5.07. The molecular weight excluding hydrogens is 298 g/mol. The van der Waals surface area contributed by atoms with Crippen molar-refractivity contribution in [3.63, 3.8) is 0 Å². The molecule has 0 atom stereocenters. The molecule has 2 aromatic carbocycles. The smallest absolute Gasteiger partial charge is 0.363 e. The van der Waals surface area contributed by atoms with Crippen molar-refractivity contribution in [3.05, 3.63) is 88.6 Å². The fourth-order valence-corrected chi connectivity index (χ4v) is 2.17. The molecular formula is C18H12ClNO2. The first kappa shape index (κ1) is 14.3. The first-order valence-electron chi connectivity index (χ1n) is 6.72. The summed E-state index contributed by atoms with van der Waals surface area (Å²) in [6.45, 7) is 0. The third-order valence-corrected chi connectivity index (χ3v) is 3.27. The Morgan fingerprint density at radius 3 is 2.64 bits per heavy atom. The zero-order valence-corrected chi connectivity index (χ0v) is 12.3. The van der Waals surface area contributed by atoms with E-state index in [1.54, 1.807) is 36.4 Å². The molecule has 108 valence electrons. The average Bonchev–Trinajstić information content (AvgIpc) is 2.90. The molecule has 0 unspecified atom stereocenters. The first-order valence-corrected chi connectivity index (χ1v) is 7.10. The van der Waals surface area contributed by atoms with Gasteiger partial charge in [0.15, 0.2) is 5.70 Å². The van der Waals surface area contributed by atoms with Gasteiger partial charge in [0.25, 0.3) is 0 Å². The number of allylic oxidation sites excluding steroid dienone is 2. The van der Waals surface area contributed by atoms with Crippen LogP contribution >= 0.6 is 11.6 Å². The van der Waals surface area contributed by atoms with Crippen molar-refractivity contribution in [1.82, 2.24) is 0 Å². The third-order valence-electron chi connectivity index (χ3n) is 3.03. The Hall–Kier alpha value is -2.65. The lowest BCUT2D eigenvalue weighted by atomic mass is 10.2. The summed E-state index contributed by atoms with van der Waals surface area (Å²) in [4.78, 5) is 16.0. The number of esters is 1. The SMILES string of the molecule is O=C1OC(c2cccc(Cl)c2)=NC1=CC=Cc1ccccc1. The van der Waals surface area contributed by atoms with Gasteiger partial charge < -0.3 is 4.74 Å². The Morgan fingerprint density at radius 1 is 1.05 bits per heavy atom. The molecule has 1 aliphatic rings. The summed E-state index contributed by atoms with van der Waals surface area (Å²) in [5, 5.41) is 0.567. The largest absolute Gasteiger partial charge is 0.402 e. The first-order chi connectivity index (χ1) is 10.7. The fourth-order valence-electron chi connectivity index (χ4n) is 1.98. The van der Waals surface area contributed by atoms with Crippen molar-refractivity contribution in [3.8, 4) is 0 Å². The predicted molar refractivity (Wildman–Crippen MR) is 87.6 cm³/mol. The number of carbonyl (C=O) groups is 1. The molecule has 0 saturated heterocycles. The van der Waals surface area contributed by atoms with Crippen molar-refractivity contribution < 1.29 is 9.53 Å². The van der Waals surface area contributed by atoms with Gasteiger partial charge in [0.2, 0.25) is 5.90 Å². The molecule has 0 radical (unpaired) electrons. The Labute approximate surface area is 133 Å². The second kappa shape index (κ2) is 6.41. The summed E-state index contributed by atoms with van der Waals surface area (Å²) in [5.74, 6) is -0.195. The minimum absolute atomic E-state index is 0.266. The number of ether oxygens (including phenoxy) is 1. The Bertz CT molecular complexity index is 792. The quantitative estimate of drug-likeness (QED) is 0.628. The summed E-state index contributed by atoms with van der Waals surface area (Å²) in [6, 6.07) is 16.8. The van der Waals surface area contributed by atoms with E-state index < -0.39 is 5.97 Å². The number of hydrogen-bond acceptors (Lipinski definition) is 3. The zero-order valence-electron chi connectivity index (χ0n) is 11.6. The van der Waals surface area contributed by atoms with Crippen LogP contribution in [0.4, 0.5) is 0 Å². The van der Waals surface area contributed by atoms with E-state index in [1.165, 1.54) is 0 Å². The van der Waals surface area contributed by atoms with Gasteiger partial charge >= 0.3 is 5.97 Å². The monoisotopic (exact) mass is 309 g/mol. The highest BCUT2D eigenvalue weighted by molar-refractivity contribution is 6.31. The summed E-state index contributed by atoms with van der Waals surface area (Å²) in [7, 11) is 0. The molecule has 1 heterocycles. The summed E-state index contributed by atoms with van der Waals surface area (Å²) in [5.41, 5.74) is 1.99. The maximum absolute atomic E-state index is 11.8. The Kier molecular flexibility index (Phi) is 4.17. The van der Waals surface area contributed by atoms with Gasteiger partial charge in [-0.15, -0.1) is 0 Å². The molecule has 2 aromatic rings. The lowest BCUT2D eigenvalue weighted by molar-refractivity contribution is -0.130. The summed E-state index contributed by atoms with van der Waals surface area (Å²) < 4.78 is 5.17. The number of hydrogen-bond donors (Lipinski definition) is 0. The maximum atomic E-state index is 11.8. The molecule has 4 heteroatoms. The molecule has 1 aliphatic heterocycles. The van der Waals surface area contributed by atoms with Crippen LogP contribution in [0.15, 0.2) is 77.4 Å². The van der Waals surface area contributed by atoms with Gasteiger partial charge in [-0.3, -0.25) is 0 Å². The normalized spacial score (nSPS) is 16.1. The zero-order chi connectivity index (χ0) is 15.4. The van der Waals surface area contributed by atoms with Gasteiger partial charge in [-0.25, -0.2) is 9.79 Å². The van der Waals surface area contributed by atoms with Gasteiger partial charge in [-0.1, -0.05) is 60.2 Å². The molecule has 0 bridgehead atoms. The lowest BCUT2D eigenvalue weighted by Crippen LogP contribution is -2.05. The predicted octanol–water partition coefficient (Wildman–Crippen LogP) is 4.24. The average molecular weight is 310 g/mol. The number of halogens is 1. The number of benzene rings is 2. The van der Waals surface area contributed by atoms with Crippen LogP contribution in [0, 0.1) is 0 Å². The van der Waals surface area contributed by atoms with E-state index in [0.29, 0.717) is 10.6 Å². The van der Waals surface area contributed by atoms with Crippen molar-refractivity contribution >= 4 is 29.5 Å². The van der Waals surface area contributed by atoms with Crippen LogP contribution in [-0.2, 0) is 9.53 Å². The van der Waals surface area contributed by atoms with Crippen molar-refractivity contribution in [2.75, 3.05) is 0 Å². The van der Waals surface area contributed by atoms with E-state index in [0.717, 1.165) is 5.56 Å². The molecule has 0 aliphatic carbocycles. The molecule has 0 spiro atoms. The van der Waals surface area contributed by atoms with Crippen molar-refractivity contribution in [1.29, 1.82) is 0 Å². The Balaban J connectivity index is 1.81. The van der Waals surface area contributed by atoms with E-state index >= 15 is 0 Å². The minimum atomic E-state index is -0.465. The van der Waals surface area contributed by atoms with Gasteiger partial charge in [-0.05, 0) is 29.8 Å². The van der Waals surface area contributed by atoms with Crippen LogP contribution in [-0.4, -0.2) is 11.9 Å². The molecule has 0 fully saturated rings. The molecule has 0 aromatic heterocycles. The van der Waals surface area contributed by atoms with Crippen LogP contribution in [0.2, 0.25) is 5.02 Å². The summed E-state index contributed by atoms with van der Waals surface area (Å²) in [6.07, 6.45) is 5.30. The second-order valence-electron chi connectivity index (χ2n) is 4.64. The molecule has 3 nitrogen and oxygen atoms in total. The van der Waals surface area contributed by atoms with Gasteiger partial charge in [-0.2, -0.15) is 0 Å². The van der Waals surface area contributed by atoms with Gasteiger partial charge in [0, 0.05) is 10.6 Å². The molecule has 0 amide bonds. The molecule has 0 saturated carbocycles.